The van der Waals surface area contributed by atoms with Gasteiger partial charge in [0.25, 0.3) is 5.56 Å². The molecule has 1 aliphatic carbocycles. The molecule has 1 aliphatic heterocycles. The summed E-state index contributed by atoms with van der Waals surface area (Å²) in [5.41, 5.74) is 2.29. The number of rotatable bonds is 4. The number of nitrogens with zero attached hydrogens (tertiary/aromatic N) is 5. The Hall–Kier alpha value is -3.90. The van der Waals surface area contributed by atoms with Crippen molar-refractivity contribution < 1.29 is 4.74 Å². The number of aromatic nitrogens is 4. The number of nitrogens with one attached hydrogen (secondary N) is 2. The van der Waals surface area contributed by atoms with Crippen LogP contribution in [0.1, 0.15) is 38.6 Å². The number of hydrogen-bond donors (Lipinski definition) is 2. The molecule has 1 aromatic carbocycles. The zero-order valence-electron chi connectivity index (χ0n) is 20.3. The molecular weight excluding hydrogens is 454 g/mol. The molecule has 9 heteroatoms. The van der Waals surface area contributed by atoms with Crippen molar-refractivity contribution in [3.8, 4) is 6.07 Å². The second kappa shape index (κ2) is 9.28. The van der Waals surface area contributed by atoms with E-state index in [1.807, 2.05) is 35.0 Å². The predicted octanol–water partition coefficient (Wildman–Crippen LogP) is 4.50. The van der Waals surface area contributed by atoms with Gasteiger partial charge in [-0.05, 0) is 56.2 Å². The molecule has 36 heavy (non-hydrogen) atoms. The van der Waals surface area contributed by atoms with E-state index < -0.39 is 0 Å². The van der Waals surface area contributed by atoms with Gasteiger partial charge in [-0.15, -0.1) is 0 Å². The number of ether oxygens (including phenoxy) is 1. The Morgan fingerprint density at radius 3 is 2.94 bits per heavy atom. The highest BCUT2D eigenvalue weighted by Crippen LogP contribution is 2.36. The zero-order valence-corrected chi connectivity index (χ0v) is 20.3. The van der Waals surface area contributed by atoms with Gasteiger partial charge >= 0.3 is 0 Å². The van der Waals surface area contributed by atoms with Crippen LogP contribution in [-0.2, 0) is 4.74 Å². The van der Waals surface area contributed by atoms with E-state index in [1.165, 1.54) is 0 Å². The first-order chi connectivity index (χ1) is 17.6. The number of morpholine rings is 1. The molecular formula is C27H29N7O2. The van der Waals surface area contributed by atoms with E-state index >= 15 is 0 Å². The number of anilines is 3. The summed E-state index contributed by atoms with van der Waals surface area (Å²) in [5.74, 6) is 1.35. The van der Waals surface area contributed by atoms with Crippen molar-refractivity contribution in [2.45, 2.75) is 44.7 Å². The monoisotopic (exact) mass is 483 g/mol. The predicted molar refractivity (Wildman–Crippen MR) is 140 cm³/mol. The van der Waals surface area contributed by atoms with Crippen molar-refractivity contribution in [2.75, 3.05) is 30.0 Å². The minimum atomic E-state index is -0.197. The number of aromatic amines is 1. The van der Waals surface area contributed by atoms with Gasteiger partial charge in [-0.3, -0.25) is 9.48 Å². The van der Waals surface area contributed by atoms with Gasteiger partial charge in [-0.25, -0.2) is 4.98 Å². The van der Waals surface area contributed by atoms with Crippen molar-refractivity contribution in [3.05, 3.63) is 52.9 Å². The van der Waals surface area contributed by atoms with Crippen LogP contribution in [-0.4, -0.2) is 45.5 Å². The normalized spacial score (nSPS) is 22.6. The zero-order chi connectivity index (χ0) is 24.6. The third-order valence-electron chi connectivity index (χ3n) is 7.44. The highest BCUT2D eigenvalue weighted by molar-refractivity contribution is 5.92. The number of fused-ring (bicyclic) bond motifs is 2. The van der Waals surface area contributed by atoms with E-state index in [0.29, 0.717) is 24.4 Å². The number of nitriles is 1. The van der Waals surface area contributed by atoms with Gasteiger partial charge in [-0.2, -0.15) is 10.4 Å². The smallest absolute Gasteiger partial charge is 0.261 e. The summed E-state index contributed by atoms with van der Waals surface area (Å²) in [6.07, 6.45) is 5.49. The first kappa shape index (κ1) is 22.6. The summed E-state index contributed by atoms with van der Waals surface area (Å²) in [6, 6.07) is 14.7. The SMILES string of the molecule is CC1COCCN1c1ccc2cc(Nc3nn([C@H]4CCCC[C@@H]4C#N)c4cc[nH]c(=O)c34)ccc2n1. The Morgan fingerprint density at radius 1 is 1.19 bits per heavy atom. The second-order valence-corrected chi connectivity index (χ2v) is 9.77. The maximum absolute atomic E-state index is 12.8. The van der Waals surface area contributed by atoms with Crippen molar-refractivity contribution in [1.82, 2.24) is 19.7 Å². The van der Waals surface area contributed by atoms with Crippen LogP contribution in [0.25, 0.3) is 21.8 Å². The fraction of sp³-hybridized carbons (Fsp3) is 0.407. The van der Waals surface area contributed by atoms with Crippen LogP contribution >= 0.6 is 0 Å². The maximum atomic E-state index is 12.8. The second-order valence-electron chi connectivity index (χ2n) is 9.77. The van der Waals surface area contributed by atoms with E-state index in [0.717, 1.165) is 60.2 Å². The highest BCUT2D eigenvalue weighted by atomic mass is 16.5. The fourth-order valence-corrected chi connectivity index (χ4v) is 5.55. The number of hydrogen-bond acceptors (Lipinski definition) is 7. The Bertz CT molecular complexity index is 1520. The van der Waals surface area contributed by atoms with Crippen molar-refractivity contribution in [2.24, 2.45) is 5.92 Å². The van der Waals surface area contributed by atoms with Gasteiger partial charge in [0.15, 0.2) is 5.82 Å². The molecule has 2 fully saturated rings. The van der Waals surface area contributed by atoms with Crippen molar-refractivity contribution >= 4 is 39.1 Å². The topological polar surface area (TPSA) is 112 Å². The van der Waals surface area contributed by atoms with E-state index in [2.05, 4.69) is 34.3 Å². The first-order valence-electron chi connectivity index (χ1n) is 12.6. The Morgan fingerprint density at radius 2 is 2.08 bits per heavy atom. The number of pyridine rings is 2. The molecule has 3 aromatic heterocycles. The van der Waals surface area contributed by atoms with Crippen LogP contribution in [0.15, 0.2) is 47.4 Å². The highest BCUT2D eigenvalue weighted by Gasteiger charge is 2.30. The summed E-state index contributed by atoms with van der Waals surface area (Å²) >= 11 is 0. The van der Waals surface area contributed by atoms with Crippen LogP contribution in [0, 0.1) is 17.2 Å². The lowest BCUT2D eigenvalue weighted by atomic mass is 9.85. The molecule has 1 saturated carbocycles. The summed E-state index contributed by atoms with van der Waals surface area (Å²) in [7, 11) is 0. The van der Waals surface area contributed by atoms with Crippen LogP contribution in [0.5, 0.6) is 0 Å². The molecule has 9 nitrogen and oxygen atoms in total. The summed E-state index contributed by atoms with van der Waals surface area (Å²) in [6.45, 7) is 4.40. The van der Waals surface area contributed by atoms with E-state index in [9.17, 15) is 10.1 Å². The van der Waals surface area contributed by atoms with Gasteiger partial charge < -0.3 is 19.9 Å². The Balaban J connectivity index is 1.34. The molecule has 0 radical (unpaired) electrons. The van der Waals surface area contributed by atoms with E-state index in [1.54, 1.807) is 6.20 Å². The van der Waals surface area contributed by atoms with Crippen LogP contribution in [0.3, 0.4) is 0 Å². The lowest BCUT2D eigenvalue weighted by Crippen LogP contribution is -2.44. The molecule has 0 bridgehead atoms. The van der Waals surface area contributed by atoms with Gasteiger partial charge in [0.05, 0.1) is 48.3 Å². The molecule has 4 heterocycles. The van der Waals surface area contributed by atoms with Gasteiger partial charge in [0.2, 0.25) is 0 Å². The Labute approximate surface area is 208 Å². The van der Waals surface area contributed by atoms with Gasteiger partial charge in [-0.1, -0.05) is 12.8 Å². The van der Waals surface area contributed by atoms with Gasteiger partial charge in [0.1, 0.15) is 11.2 Å². The van der Waals surface area contributed by atoms with Crippen LogP contribution < -0.4 is 15.8 Å². The molecule has 1 unspecified atom stereocenters. The van der Waals surface area contributed by atoms with Crippen LogP contribution in [0.4, 0.5) is 17.3 Å². The van der Waals surface area contributed by atoms with Crippen molar-refractivity contribution in [1.29, 1.82) is 5.26 Å². The third-order valence-corrected chi connectivity index (χ3v) is 7.44. The maximum Gasteiger partial charge on any atom is 0.261 e. The molecule has 184 valence electrons. The molecule has 4 aromatic rings. The molecule has 6 rings (SSSR count). The van der Waals surface area contributed by atoms with E-state index in [4.69, 9.17) is 14.8 Å². The number of benzene rings is 1. The van der Waals surface area contributed by atoms with Gasteiger partial charge in [0, 0.05) is 23.8 Å². The standard InChI is InChI=1S/C27H29N7O2/c1-17-16-36-13-12-33(17)24-9-6-18-14-20(7-8-21(18)31-24)30-26-25-23(10-11-29-27(25)35)34(32-26)22-5-3-2-4-19(22)15-28/h6-11,14,17,19,22H,2-5,12-13,16H2,1H3,(H,29,35)(H,30,32)/t17?,19-,22+/m1/s1. The van der Waals surface area contributed by atoms with Crippen molar-refractivity contribution in [3.63, 3.8) is 0 Å². The first-order valence-corrected chi connectivity index (χ1v) is 12.6. The third kappa shape index (κ3) is 3.97. The molecule has 0 amide bonds. The average molecular weight is 484 g/mol. The molecule has 2 aliphatic rings. The molecule has 3 atom stereocenters. The quantitative estimate of drug-likeness (QED) is 0.440. The minimum absolute atomic E-state index is 0.0367. The Kier molecular flexibility index (Phi) is 5.82. The molecule has 1 saturated heterocycles. The fourth-order valence-electron chi connectivity index (χ4n) is 5.55. The molecule has 0 spiro atoms. The summed E-state index contributed by atoms with van der Waals surface area (Å²) < 4.78 is 7.45. The lowest BCUT2D eigenvalue weighted by Gasteiger charge is -2.34. The largest absolute Gasteiger partial charge is 0.377 e. The summed E-state index contributed by atoms with van der Waals surface area (Å²) in [5, 5.41) is 19.4. The lowest BCUT2D eigenvalue weighted by molar-refractivity contribution is 0.0986. The van der Waals surface area contributed by atoms with E-state index in [-0.39, 0.29) is 23.6 Å². The molecule has 2 N–H and O–H groups in total. The van der Waals surface area contributed by atoms with Crippen LogP contribution in [0.2, 0.25) is 0 Å². The minimum Gasteiger partial charge on any atom is -0.377 e. The number of H-pyrrole nitrogens is 1. The average Bonchev–Trinajstić information content (AvgIpc) is 3.28. The summed E-state index contributed by atoms with van der Waals surface area (Å²) in [4.78, 5) is 22.8.